The Balaban J connectivity index is 1.15. The largest absolute Gasteiger partial charge is 0.455 e. The number of aromatic nitrogens is 2. The zero-order chi connectivity index (χ0) is 34.9. The van der Waals surface area contributed by atoms with Crippen LogP contribution in [0.25, 0.3) is 88.2 Å². The Morgan fingerprint density at radius 3 is 1.94 bits per heavy atom. The summed E-state index contributed by atoms with van der Waals surface area (Å²) in [5, 5.41) is 7.40. The number of benzene rings is 8. The summed E-state index contributed by atoms with van der Waals surface area (Å²) >= 11 is 0. The van der Waals surface area contributed by atoms with Gasteiger partial charge in [0.05, 0.1) is 5.69 Å². The third kappa shape index (κ3) is 4.64. The Morgan fingerprint density at radius 2 is 1.09 bits per heavy atom. The van der Waals surface area contributed by atoms with Crippen LogP contribution in [-0.4, -0.2) is 9.97 Å². The molecule has 3 aromatic heterocycles. The van der Waals surface area contributed by atoms with Crippen LogP contribution in [0.3, 0.4) is 0 Å². The highest BCUT2D eigenvalue weighted by Gasteiger charge is 2.22. The van der Waals surface area contributed by atoms with Crippen molar-refractivity contribution in [2.75, 3.05) is 4.90 Å². The maximum atomic E-state index is 6.83. The number of fused-ring (bicyclic) bond motifs is 9. The van der Waals surface area contributed by atoms with E-state index in [0.717, 1.165) is 83.1 Å². The molecule has 11 rings (SSSR count). The molecule has 0 N–H and O–H groups in total. The fraction of sp³-hybridized carbons (Fsp3) is 0. The molecule has 0 amide bonds. The molecular weight excluding hydrogens is 651 g/mol. The van der Waals surface area contributed by atoms with Gasteiger partial charge in [-0.05, 0) is 59.3 Å². The van der Waals surface area contributed by atoms with Gasteiger partial charge in [-0.1, -0.05) is 121 Å². The fourth-order valence-electron chi connectivity index (χ4n) is 7.82. The molecule has 0 aliphatic carbocycles. The van der Waals surface area contributed by atoms with E-state index in [1.807, 2.05) is 36.4 Å². The Kier molecular flexibility index (Phi) is 6.48. The van der Waals surface area contributed by atoms with Gasteiger partial charge in [0.25, 0.3) is 0 Å². The standard InChI is InChI=1S/C48H29N3O2/c1-3-15-31(16-4-1)44-47-45(38-23-11-12-25-42(38)52-47)50-48(49-44)40-29-39-36-27-26-33(28-43(36)53-46(39)37-22-10-9-21-35(37)40)51(32-18-5-2-6-19-32)41-24-13-17-30-14-7-8-20-34(30)41/h1-29H. The summed E-state index contributed by atoms with van der Waals surface area (Å²) in [6, 6.07) is 60.8. The third-order valence-corrected chi connectivity index (χ3v) is 10.3. The van der Waals surface area contributed by atoms with Crippen molar-refractivity contribution >= 4 is 82.6 Å². The van der Waals surface area contributed by atoms with Gasteiger partial charge >= 0.3 is 0 Å². The number of furan rings is 2. The minimum atomic E-state index is 0.637. The SMILES string of the molecule is c1ccc(-c2nc(-c3cc4c5ccc(N(c6ccccc6)c6cccc7ccccc67)cc5oc4c4ccccc34)nc3c2oc2ccccc23)cc1. The van der Waals surface area contributed by atoms with E-state index in [1.54, 1.807) is 0 Å². The molecule has 248 valence electrons. The van der Waals surface area contributed by atoms with Crippen molar-refractivity contribution in [3.05, 3.63) is 176 Å². The summed E-state index contributed by atoms with van der Waals surface area (Å²) < 4.78 is 13.2. The molecule has 0 spiro atoms. The van der Waals surface area contributed by atoms with Crippen LogP contribution in [0.4, 0.5) is 17.1 Å². The topological polar surface area (TPSA) is 55.3 Å². The lowest BCUT2D eigenvalue weighted by Gasteiger charge is -2.26. The highest BCUT2D eigenvalue weighted by atomic mass is 16.3. The van der Waals surface area contributed by atoms with Gasteiger partial charge in [0.15, 0.2) is 11.4 Å². The van der Waals surface area contributed by atoms with Crippen LogP contribution >= 0.6 is 0 Å². The van der Waals surface area contributed by atoms with Crippen molar-refractivity contribution in [1.29, 1.82) is 0 Å². The van der Waals surface area contributed by atoms with E-state index in [2.05, 4.69) is 144 Å². The van der Waals surface area contributed by atoms with Crippen LogP contribution in [0, 0.1) is 0 Å². The van der Waals surface area contributed by atoms with Crippen molar-refractivity contribution in [1.82, 2.24) is 9.97 Å². The van der Waals surface area contributed by atoms with E-state index in [0.29, 0.717) is 11.4 Å². The van der Waals surface area contributed by atoms with Crippen molar-refractivity contribution in [2.45, 2.75) is 0 Å². The molecule has 3 heterocycles. The third-order valence-electron chi connectivity index (χ3n) is 10.3. The quantitative estimate of drug-likeness (QED) is 0.181. The summed E-state index contributed by atoms with van der Waals surface area (Å²) in [7, 11) is 0. The monoisotopic (exact) mass is 679 g/mol. The summed E-state index contributed by atoms with van der Waals surface area (Å²) in [5.74, 6) is 0.637. The van der Waals surface area contributed by atoms with Gasteiger partial charge in [-0.2, -0.15) is 0 Å². The van der Waals surface area contributed by atoms with Gasteiger partial charge in [0, 0.05) is 55.5 Å². The van der Waals surface area contributed by atoms with Gasteiger partial charge < -0.3 is 13.7 Å². The Morgan fingerprint density at radius 1 is 0.415 bits per heavy atom. The lowest BCUT2D eigenvalue weighted by molar-refractivity contribution is 0.667. The Hall–Kier alpha value is -7.24. The predicted molar refractivity (Wildman–Crippen MR) is 217 cm³/mol. The Bertz CT molecular complexity index is 3180. The van der Waals surface area contributed by atoms with Crippen LogP contribution in [0.1, 0.15) is 0 Å². The van der Waals surface area contributed by atoms with Gasteiger partial charge in [0.2, 0.25) is 0 Å². The molecule has 0 aliphatic rings. The molecule has 5 heteroatoms. The fourth-order valence-corrected chi connectivity index (χ4v) is 7.82. The molecular formula is C48H29N3O2. The molecule has 0 radical (unpaired) electrons. The van der Waals surface area contributed by atoms with Crippen LogP contribution in [-0.2, 0) is 0 Å². The highest BCUT2D eigenvalue weighted by Crippen LogP contribution is 2.44. The lowest BCUT2D eigenvalue weighted by Crippen LogP contribution is -2.10. The van der Waals surface area contributed by atoms with E-state index >= 15 is 0 Å². The first kappa shape index (κ1) is 29.5. The van der Waals surface area contributed by atoms with E-state index < -0.39 is 0 Å². The van der Waals surface area contributed by atoms with Gasteiger partial charge in [-0.15, -0.1) is 0 Å². The first-order chi connectivity index (χ1) is 26.3. The molecule has 0 saturated carbocycles. The lowest BCUT2D eigenvalue weighted by atomic mass is 9.99. The second kappa shape index (κ2) is 11.7. The van der Waals surface area contributed by atoms with Crippen LogP contribution in [0.2, 0.25) is 0 Å². The zero-order valence-electron chi connectivity index (χ0n) is 28.4. The molecule has 0 fully saturated rings. The predicted octanol–water partition coefficient (Wildman–Crippen LogP) is 13.4. The number of rotatable bonds is 5. The second-order valence-corrected chi connectivity index (χ2v) is 13.3. The molecule has 8 aromatic carbocycles. The number of hydrogen-bond acceptors (Lipinski definition) is 5. The maximum Gasteiger partial charge on any atom is 0.180 e. The van der Waals surface area contributed by atoms with Gasteiger partial charge in [0.1, 0.15) is 28.0 Å². The summed E-state index contributed by atoms with van der Waals surface area (Å²) in [4.78, 5) is 12.8. The normalized spacial score (nSPS) is 11.8. The van der Waals surface area contributed by atoms with Crippen LogP contribution in [0.5, 0.6) is 0 Å². The molecule has 0 saturated heterocycles. The van der Waals surface area contributed by atoms with Crippen LogP contribution in [0.15, 0.2) is 185 Å². The smallest absolute Gasteiger partial charge is 0.180 e. The number of nitrogens with zero attached hydrogens (tertiary/aromatic N) is 3. The summed E-state index contributed by atoms with van der Waals surface area (Å²) in [5.41, 5.74) is 9.77. The van der Waals surface area contributed by atoms with Gasteiger partial charge in [-0.3, -0.25) is 0 Å². The van der Waals surface area contributed by atoms with E-state index in [1.165, 1.54) is 10.8 Å². The average molecular weight is 680 g/mol. The number of para-hydroxylation sites is 2. The van der Waals surface area contributed by atoms with Crippen LogP contribution < -0.4 is 4.90 Å². The average Bonchev–Trinajstić information content (AvgIpc) is 3.79. The Labute approximate surface area is 304 Å². The minimum absolute atomic E-state index is 0.637. The van der Waals surface area contributed by atoms with Gasteiger partial charge in [-0.25, -0.2) is 9.97 Å². The number of hydrogen-bond donors (Lipinski definition) is 0. The maximum absolute atomic E-state index is 6.83. The molecule has 0 atom stereocenters. The van der Waals surface area contributed by atoms with E-state index in [4.69, 9.17) is 18.8 Å². The highest BCUT2D eigenvalue weighted by molar-refractivity contribution is 6.19. The van der Waals surface area contributed by atoms with Crippen molar-refractivity contribution in [2.24, 2.45) is 0 Å². The molecule has 0 aliphatic heterocycles. The first-order valence-electron chi connectivity index (χ1n) is 17.7. The molecule has 53 heavy (non-hydrogen) atoms. The molecule has 5 nitrogen and oxygen atoms in total. The minimum Gasteiger partial charge on any atom is -0.455 e. The summed E-state index contributed by atoms with van der Waals surface area (Å²) in [6.07, 6.45) is 0. The van der Waals surface area contributed by atoms with Crippen molar-refractivity contribution in [3.63, 3.8) is 0 Å². The number of anilines is 3. The van der Waals surface area contributed by atoms with Crippen molar-refractivity contribution < 1.29 is 8.83 Å². The molecule has 0 unspecified atom stereocenters. The van der Waals surface area contributed by atoms with E-state index in [9.17, 15) is 0 Å². The first-order valence-corrected chi connectivity index (χ1v) is 17.7. The van der Waals surface area contributed by atoms with Crippen molar-refractivity contribution in [3.8, 4) is 22.6 Å². The second-order valence-electron chi connectivity index (χ2n) is 13.3. The van der Waals surface area contributed by atoms with E-state index in [-0.39, 0.29) is 0 Å². The summed E-state index contributed by atoms with van der Waals surface area (Å²) in [6.45, 7) is 0. The zero-order valence-corrected chi connectivity index (χ0v) is 28.4. The molecule has 11 aromatic rings. The molecule has 0 bridgehead atoms.